The fourth-order valence-corrected chi connectivity index (χ4v) is 4.27. The van der Waals surface area contributed by atoms with Crippen molar-refractivity contribution in [2.45, 2.75) is 6.54 Å². The van der Waals surface area contributed by atoms with Crippen LogP contribution in [-0.4, -0.2) is 36.1 Å². The molecule has 0 spiro atoms. The lowest BCUT2D eigenvalue weighted by atomic mass is 10.1. The van der Waals surface area contributed by atoms with Gasteiger partial charge in [0.15, 0.2) is 23.0 Å². The van der Waals surface area contributed by atoms with Gasteiger partial charge in [0.05, 0.1) is 25.7 Å². The molecular weight excluding hydrogens is 398 g/mol. The molecule has 0 atom stereocenters. The van der Waals surface area contributed by atoms with Gasteiger partial charge in [-0.15, -0.1) is 0 Å². The predicted octanol–water partition coefficient (Wildman–Crippen LogP) is 3.83. The van der Waals surface area contributed by atoms with Crippen molar-refractivity contribution in [3.8, 4) is 23.0 Å². The highest BCUT2D eigenvalue weighted by molar-refractivity contribution is 8.26. The average Bonchev–Trinajstić information content (AvgIpc) is 3.27. The summed E-state index contributed by atoms with van der Waals surface area (Å²) in [6, 6.07) is 11.1. The number of carbonyl (C=O) groups is 1. The van der Waals surface area contributed by atoms with Crippen LogP contribution in [0.1, 0.15) is 11.1 Å². The van der Waals surface area contributed by atoms with E-state index in [2.05, 4.69) is 0 Å². The number of methoxy groups -OCH3 is 2. The summed E-state index contributed by atoms with van der Waals surface area (Å²) < 4.78 is 22.0. The van der Waals surface area contributed by atoms with E-state index in [0.717, 1.165) is 11.1 Å². The van der Waals surface area contributed by atoms with E-state index < -0.39 is 0 Å². The van der Waals surface area contributed by atoms with E-state index in [1.165, 1.54) is 11.8 Å². The lowest BCUT2D eigenvalue weighted by Crippen LogP contribution is -2.27. The Labute approximate surface area is 172 Å². The Morgan fingerprint density at radius 2 is 2.00 bits per heavy atom. The van der Waals surface area contributed by atoms with Gasteiger partial charge in [0.1, 0.15) is 4.32 Å². The molecule has 4 rings (SSSR count). The van der Waals surface area contributed by atoms with E-state index in [0.29, 0.717) is 38.8 Å². The second-order valence-corrected chi connectivity index (χ2v) is 7.71. The van der Waals surface area contributed by atoms with Crippen LogP contribution in [0.5, 0.6) is 23.0 Å². The van der Waals surface area contributed by atoms with E-state index in [9.17, 15) is 4.79 Å². The number of hydrogen-bond acceptors (Lipinski definition) is 7. The molecule has 0 aromatic heterocycles. The summed E-state index contributed by atoms with van der Waals surface area (Å²) in [5, 5.41) is 0. The van der Waals surface area contributed by atoms with Gasteiger partial charge in [0, 0.05) is 5.56 Å². The Hall–Kier alpha value is -2.71. The monoisotopic (exact) mass is 415 g/mol. The summed E-state index contributed by atoms with van der Waals surface area (Å²) in [6.45, 7) is 0.582. The number of nitrogens with zero attached hydrogens (tertiary/aromatic N) is 1. The molecule has 0 N–H and O–H groups in total. The van der Waals surface area contributed by atoms with Gasteiger partial charge in [-0.1, -0.05) is 42.2 Å². The first-order valence-corrected chi connectivity index (χ1v) is 9.68. The minimum Gasteiger partial charge on any atom is -0.493 e. The zero-order valence-corrected chi connectivity index (χ0v) is 16.9. The molecule has 2 aromatic rings. The third-order valence-electron chi connectivity index (χ3n) is 4.37. The van der Waals surface area contributed by atoms with Crippen LogP contribution >= 0.6 is 24.0 Å². The zero-order valence-electron chi connectivity index (χ0n) is 15.3. The molecule has 0 unspecified atom stereocenters. The smallest absolute Gasteiger partial charge is 0.266 e. The van der Waals surface area contributed by atoms with Crippen LogP contribution in [0.2, 0.25) is 0 Å². The second kappa shape index (κ2) is 7.73. The molecule has 2 aliphatic rings. The highest BCUT2D eigenvalue weighted by Crippen LogP contribution is 2.38. The minimum atomic E-state index is -0.141. The zero-order chi connectivity index (χ0) is 19.7. The highest BCUT2D eigenvalue weighted by atomic mass is 32.2. The van der Waals surface area contributed by atoms with Crippen LogP contribution in [0.25, 0.3) is 6.08 Å². The molecule has 0 bridgehead atoms. The average molecular weight is 415 g/mol. The molecule has 1 saturated heterocycles. The first kappa shape index (κ1) is 18.6. The molecule has 2 aromatic carbocycles. The van der Waals surface area contributed by atoms with Crippen molar-refractivity contribution >= 4 is 40.3 Å². The highest BCUT2D eigenvalue weighted by Gasteiger charge is 2.32. The standard InChI is InChI=1S/C20H17NO5S2/c1-23-15-5-3-4-13(18(15)24-2)9-17-19(22)21(20(27)28-17)10-12-6-7-14-16(8-12)26-11-25-14/h3-9H,10-11H2,1-2H3/b17-9-. The Morgan fingerprint density at radius 1 is 1.18 bits per heavy atom. The van der Waals surface area contributed by atoms with E-state index in [1.54, 1.807) is 31.3 Å². The van der Waals surface area contributed by atoms with Crippen molar-refractivity contribution in [1.82, 2.24) is 4.90 Å². The Morgan fingerprint density at radius 3 is 2.79 bits per heavy atom. The summed E-state index contributed by atoms with van der Waals surface area (Å²) in [5.41, 5.74) is 1.67. The SMILES string of the molecule is COc1cccc(/C=C2\SC(=S)N(Cc3ccc4c(c3)OCO4)C2=O)c1OC. The third-order valence-corrected chi connectivity index (χ3v) is 5.75. The maximum Gasteiger partial charge on any atom is 0.266 e. The summed E-state index contributed by atoms with van der Waals surface area (Å²) in [5.74, 6) is 2.43. The molecule has 8 heteroatoms. The van der Waals surface area contributed by atoms with Crippen LogP contribution in [0.4, 0.5) is 0 Å². The maximum atomic E-state index is 12.9. The summed E-state index contributed by atoms with van der Waals surface area (Å²) >= 11 is 6.71. The molecule has 0 saturated carbocycles. The summed E-state index contributed by atoms with van der Waals surface area (Å²) in [4.78, 5) is 15.1. The van der Waals surface area contributed by atoms with Gasteiger partial charge in [-0.25, -0.2) is 0 Å². The molecule has 2 aliphatic heterocycles. The number of rotatable bonds is 5. The third kappa shape index (κ3) is 3.41. The molecule has 0 aliphatic carbocycles. The number of fused-ring (bicyclic) bond motifs is 1. The topological polar surface area (TPSA) is 57.2 Å². The van der Waals surface area contributed by atoms with Crippen molar-refractivity contribution in [3.63, 3.8) is 0 Å². The number of amides is 1. The van der Waals surface area contributed by atoms with Crippen LogP contribution in [-0.2, 0) is 11.3 Å². The number of hydrogen-bond donors (Lipinski definition) is 0. The molecule has 144 valence electrons. The first-order chi connectivity index (χ1) is 13.6. The number of benzene rings is 2. The van der Waals surface area contributed by atoms with Gasteiger partial charge in [-0.2, -0.15) is 0 Å². The van der Waals surface area contributed by atoms with Gasteiger partial charge in [-0.3, -0.25) is 9.69 Å². The second-order valence-electron chi connectivity index (χ2n) is 6.04. The fourth-order valence-electron chi connectivity index (χ4n) is 3.03. The molecule has 1 fully saturated rings. The van der Waals surface area contributed by atoms with Crippen molar-refractivity contribution < 1.29 is 23.7 Å². The van der Waals surface area contributed by atoms with E-state index in [-0.39, 0.29) is 12.7 Å². The number of para-hydroxylation sites is 1. The number of thioether (sulfide) groups is 1. The van der Waals surface area contributed by atoms with Gasteiger partial charge < -0.3 is 18.9 Å². The van der Waals surface area contributed by atoms with Crippen molar-refractivity contribution in [3.05, 3.63) is 52.4 Å². The van der Waals surface area contributed by atoms with Crippen LogP contribution in [0.15, 0.2) is 41.3 Å². The van der Waals surface area contributed by atoms with Gasteiger partial charge in [-0.05, 0) is 29.8 Å². The maximum absolute atomic E-state index is 12.9. The van der Waals surface area contributed by atoms with Crippen LogP contribution in [0, 0.1) is 0 Å². The number of thiocarbonyl (C=S) groups is 1. The molecule has 6 nitrogen and oxygen atoms in total. The summed E-state index contributed by atoms with van der Waals surface area (Å²) in [6.07, 6.45) is 1.78. The van der Waals surface area contributed by atoms with E-state index >= 15 is 0 Å². The Bertz CT molecular complexity index is 989. The van der Waals surface area contributed by atoms with E-state index in [4.69, 9.17) is 31.2 Å². The van der Waals surface area contributed by atoms with Gasteiger partial charge >= 0.3 is 0 Å². The number of carbonyl (C=O) groups excluding carboxylic acids is 1. The lowest BCUT2D eigenvalue weighted by Gasteiger charge is -2.14. The van der Waals surface area contributed by atoms with Crippen LogP contribution < -0.4 is 18.9 Å². The Kier molecular flexibility index (Phi) is 5.15. The van der Waals surface area contributed by atoms with Gasteiger partial charge in [0.2, 0.25) is 6.79 Å². The minimum absolute atomic E-state index is 0.141. The van der Waals surface area contributed by atoms with Gasteiger partial charge in [0.25, 0.3) is 5.91 Å². The van der Waals surface area contributed by atoms with Crippen molar-refractivity contribution in [2.24, 2.45) is 0 Å². The molecule has 0 radical (unpaired) electrons. The van der Waals surface area contributed by atoms with Crippen molar-refractivity contribution in [1.29, 1.82) is 0 Å². The number of ether oxygens (including phenoxy) is 4. The quantitative estimate of drug-likeness (QED) is 0.543. The predicted molar refractivity (Wildman–Crippen MR) is 111 cm³/mol. The summed E-state index contributed by atoms with van der Waals surface area (Å²) in [7, 11) is 3.15. The molecule has 2 heterocycles. The van der Waals surface area contributed by atoms with Crippen molar-refractivity contribution in [2.75, 3.05) is 21.0 Å². The first-order valence-electron chi connectivity index (χ1n) is 8.45. The van der Waals surface area contributed by atoms with Crippen LogP contribution in [0.3, 0.4) is 0 Å². The largest absolute Gasteiger partial charge is 0.493 e. The molecule has 28 heavy (non-hydrogen) atoms. The lowest BCUT2D eigenvalue weighted by molar-refractivity contribution is -0.122. The Balaban J connectivity index is 1.58. The molecule has 1 amide bonds. The normalized spacial score (nSPS) is 16.8. The molecular formula is C20H17NO5S2. The fraction of sp³-hybridized carbons (Fsp3) is 0.200. The van der Waals surface area contributed by atoms with E-state index in [1.807, 2.05) is 30.3 Å².